The molecule has 1 aromatic heterocycles. The molecule has 0 radical (unpaired) electrons. The molecule has 0 aliphatic carbocycles. The molecule has 2 N–H and O–H groups in total. The molecule has 0 amide bonds. The second-order valence-electron chi connectivity index (χ2n) is 3.79. The Morgan fingerprint density at radius 3 is 2.88 bits per heavy atom. The molecule has 1 aromatic carbocycles. The molecule has 0 unspecified atom stereocenters. The van der Waals surface area contributed by atoms with Crippen molar-refractivity contribution in [3.63, 3.8) is 0 Å². The number of benzene rings is 1. The van der Waals surface area contributed by atoms with E-state index in [9.17, 15) is 0 Å². The van der Waals surface area contributed by atoms with Crippen molar-refractivity contribution in [1.29, 1.82) is 0 Å². The molecule has 0 atom stereocenters. The van der Waals surface area contributed by atoms with Crippen molar-refractivity contribution in [3.05, 3.63) is 35.5 Å². The van der Waals surface area contributed by atoms with Crippen molar-refractivity contribution < 1.29 is 4.52 Å². The van der Waals surface area contributed by atoms with Gasteiger partial charge < -0.3 is 10.3 Å². The largest absolute Gasteiger partial charge is 0.398 e. The summed E-state index contributed by atoms with van der Waals surface area (Å²) in [4.78, 5) is 5.30. The summed E-state index contributed by atoms with van der Waals surface area (Å²) >= 11 is 1.61. The maximum absolute atomic E-state index is 5.93. The number of thioether (sulfide) groups is 1. The summed E-state index contributed by atoms with van der Waals surface area (Å²) in [7, 11) is 0. The molecule has 90 valence electrons. The van der Waals surface area contributed by atoms with E-state index >= 15 is 0 Å². The fourth-order valence-corrected chi connectivity index (χ4v) is 2.22. The van der Waals surface area contributed by atoms with E-state index in [1.807, 2.05) is 32.0 Å². The molecule has 0 aliphatic heterocycles. The van der Waals surface area contributed by atoms with Crippen LogP contribution in [0.4, 0.5) is 5.69 Å². The number of aromatic nitrogens is 2. The highest BCUT2D eigenvalue weighted by Crippen LogP contribution is 2.28. The van der Waals surface area contributed by atoms with E-state index in [2.05, 4.69) is 10.1 Å². The maximum Gasteiger partial charge on any atom is 0.237 e. The Bertz CT molecular complexity index is 510. The summed E-state index contributed by atoms with van der Waals surface area (Å²) in [6.07, 6.45) is 0.792. The Morgan fingerprint density at radius 2 is 2.24 bits per heavy atom. The molecule has 4 nitrogen and oxygen atoms in total. The van der Waals surface area contributed by atoms with Gasteiger partial charge in [-0.15, -0.1) is 11.8 Å². The average Bonchev–Trinajstić information content (AvgIpc) is 2.76. The molecule has 0 aliphatic rings. The second-order valence-corrected chi connectivity index (χ2v) is 4.81. The fourth-order valence-electron chi connectivity index (χ4n) is 1.43. The second kappa shape index (κ2) is 5.23. The summed E-state index contributed by atoms with van der Waals surface area (Å²) in [5.41, 5.74) is 7.89. The van der Waals surface area contributed by atoms with E-state index in [0.29, 0.717) is 11.6 Å². The normalized spacial score (nSPS) is 10.7. The first-order valence-electron chi connectivity index (χ1n) is 5.49. The predicted molar refractivity (Wildman–Crippen MR) is 68.8 cm³/mol. The lowest BCUT2D eigenvalue weighted by molar-refractivity contribution is 0.385. The molecule has 0 fully saturated rings. The minimum absolute atomic E-state index is 0.645. The Labute approximate surface area is 105 Å². The lowest BCUT2D eigenvalue weighted by Crippen LogP contribution is -1.90. The lowest BCUT2D eigenvalue weighted by Gasteiger charge is -2.04. The highest BCUT2D eigenvalue weighted by atomic mass is 32.2. The van der Waals surface area contributed by atoms with Crippen LogP contribution in [-0.2, 0) is 12.2 Å². The monoisotopic (exact) mass is 249 g/mol. The van der Waals surface area contributed by atoms with Gasteiger partial charge in [0.1, 0.15) is 0 Å². The van der Waals surface area contributed by atoms with E-state index in [1.165, 1.54) is 0 Å². The third kappa shape index (κ3) is 3.00. The molecule has 0 saturated heterocycles. The first-order valence-corrected chi connectivity index (χ1v) is 6.48. The van der Waals surface area contributed by atoms with E-state index in [0.717, 1.165) is 28.4 Å². The molecular formula is C12H15N3OS. The van der Waals surface area contributed by atoms with Crippen molar-refractivity contribution in [2.45, 2.75) is 30.9 Å². The van der Waals surface area contributed by atoms with Crippen LogP contribution >= 0.6 is 11.8 Å². The van der Waals surface area contributed by atoms with E-state index < -0.39 is 0 Å². The molecular weight excluding hydrogens is 234 g/mol. The number of nitrogen functional groups attached to an aromatic ring is 1. The minimum Gasteiger partial charge on any atom is -0.398 e. The van der Waals surface area contributed by atoms with Gasteiger partial charge in [0.05, 0.1) is 5.75 Å². The molecule has 17 heavy (non-hydrogen) atoms. The van der Waals surface area contributed by atoms with Crippen LogP contribution < -0.4 is 5.73 Å². The van der Waals surface area contributed by atoms with Gasteiger partial charge in [-0.05, 0) is 24.6 Å². The minimum atomic E-state index is 0.645. The van der Waals surface area contributed by atoms with Gasteiger partial charge in [0.25, 0.3) is 0 Å². The van der Waals surface area contributed by atoms with Gasteiger partial charge in [0.15, 0.2) is 5.82 Å². The number of hydrogen-bond acceptors (Lipinski definition) is 5. The molecule has 0 saturated carbocycles. The van der Waals surface area contributed by atoms with Gasteiger partial charge in [-0.3, -0.25) is 0 Å². The third-order valence-electron chi connectivity index (χ3n) is 2.34. The first kappa shape index (κ1) is 12.0. The summed E-state index contributed by atoms with van der Waals surface area (Å²) in [5, 5.41) is 3.85. The van der Waals surface area contributed by atoms with Crippen molar-refractivity contribution in [3.8, 4) is 0 Å². The van der Waals surface area contributed by atoms with Crippen molar-refractivity contribution in [1.82, 2.24) is 10.1 Å². The SMILES string of the molecule is CCc1noc(CSc2ccc(C)cc2N)n1. The Balaban J connectivity index is 2.02. The smallest absolute Gasteiger partial charge is 0.237 e. The van der Waals surface area contributed by atoms with E-state index in [4.69, 9.17) is 10.3 Å². The van der Waals surface area contributed by atoms with Crippen LogP contribution in [-0.4, -0.2) is 10.1 Å². The van der Waals surface area contributed by atoms with Crippen molar-refractivity contribution >= 4 is 17.4 Å². The summed E-state index contributed by atoms with van der Waals surface area (Å²) < 4.78 is 5.12. The van der Waals surface area contributed by atoms with Gasteiger partial charge in [0.2, 0.25) is 5.89 Å². The Kier molecular flexibility index (Phi) is 3.68. The first-order chi connectivity index (χ1) is 8.19. The zero-order valence-electron chi connectivity index (χ0n) is 9.93. The zero-order chi connectivity index (χ0) is 12.3. The van der Waals surface area contributed by atoms with Crippen LogP contribution in [0.3, 0.4) is 0 Å². The van der Waals surface area contributed by atoms with E-state index in [1.54, 1.807) is 11.8 Å². The van der Waals surface area contributed by atoms with Crippen molar-refractivity contribution in [2.75, 3.05) is 5.73 Å². The molecule has 1 heterocycles. The summed E-state index contributed by atoms with van der Waals surface area (Å²) in [6.45, 7) is 4.02. The molecule has 5 heteroatoms. The lowest BCUT2D eigenvalue weighted by atomic mass is 10.2. The van der Waals surface area contributed by atoms with Crippen LogP contribution in [0.15, 0.2) is 27.6 Å². The molecule has 2 rings (SSSR count). The zero-order valence-corrected chi connectivity index (χ0v) is 10.8. The quantitative estimate of drug-likeness (QED) is 0.666. The van der Waals surface area contributed by atoms with Crippen molar-refractivity contribution in [2.24, 2.45) is 0 Å². The average molecular weight is 249 g/mol. The Hall–Kier alpha value is -1.49. The van der Waals surface area contributed by atoms with Crippen LogP contribution in [0.5, 0.6) is 0 Å². The van der Waals surface area contributed by atoms with Crippen LogP contribution in [0.1, 0.15) is 24.2 Å². The number of rotatable bonds is 4. The van der Waals surface area contributed by atoms with Crippen LogP contribution in [0.2, 0.25) is 0 Å². The number of anilines is 1. The Morgan fingerprint density at radius 1 is 1.41 bits per heavy atom. The topological polar surface area (TPSA) is 64.9 Å². The molecule has 2 aromatic rings. The number of nitrogens with two attached hydrogens (primary N) is 1. The fraction of sp³-hybridized carbons (Fsp3) is 0.333. The van der Waals surface area contributed by atoms with Gasteiger partial charge in [-0.1, -0.05) is 18.1 Å². The number of aryl methyl sites for hydroxylation is 2. The third-order valence-corrected chi connectivity index (χ3v) is 3.42. The van der Waals surface area contributed by atoms with Gasteiger partial charge in [0, 0.05) is 17.0 Å². The highest BCUT2D eigenvalue weighted by Gasteiger charge is 2.06. The van der Waals surface area contributed by atoms with Crippen LogP contribution in [0.25, 0.3) is 0 Å². The number of hydrogen-bond donors (Lipinski definition) is 1. The summed E-state index contributed by atoms with van der Waals surface area (Å²) in [5.74, 6) is 2.05. The molecule has 0 bridgehead atoms. The predicted octanol–water partition coefficient (Wildman–Crippen LogP) is 2.81. The standard InChI is InChI=1S/C12H15N3OS/c1-3-11-14-12(16-15-11)7-17-10-5-4-8(2)6-9(10)13/h4-6H,3,7,13H2,1-2H3. The van der Waals surface area contributed by atoms with Crippen LogP contribution in [0, 0.1) is 6.92 Å². The number of nitrogens with zero attached hydrogens (tertiary/aromatic N) is 2. The highest BCUT2D eigenvalue weighted by molar-refractivity contribution is 7.98. The molecule has 0 spiro atoms. The van der Waals surface area contributed by atoms with E-state index in [-0.39, 0.29) is 0 Å². The van der Waals surface area contributed by atoms with Gasteiger partial charge in [-0.2, -0.15) is 4.98 Å². The van der Waals surface area contributed by atoms with Gasteiger partial charge in [-0.25, -0.2) is 0 Å². The maximum atomic E-state index is 5.93. The summed E-state index contributed by atoms with van der Waals surface area (Å²) in [6, 6.07) is 6.03. The van der Waals surface area contributed by atoms with Gasteiger partial charge >= 0.3 is 0 Å².